The van der Waals surface area contributed by atoms with Gasteiger partial charge in [-0.05, 0) is 25.1 Å². The maximum atomic E-state index is 13.6. The van der Waals surface area contributed by atoms with E-state index in [4.69, 9.17) is 23.4 Å². The van der Waals surface area contributed by atoms with Gasteiger partial charge in [0.15, 0.2) is 23.5 Å². The van der Waals surface area contributed by atoms with E-state index in [1.165, 1.54) is 13.0 Å². The zero-order valence-corrected chi connectivity index (χ0v) is 22.3. The SMILES string of the molecule is C[C@@H]1O[C@@H](Oc2c(-c3ccc(O)c(O)c3)oc3cc(O)cc(O)c3c2=O)[C@H](O)[C@H](O)[C@H]1O[C@@H]1O[C@H](CO)[C@H](O)[C@H](O)[C@H]1O. The molecule has 0 bridgehead atoms. The molecule has 1 aromatic heterocycles. The van der Waals surface area contributed by atoms with Crippen LogP contribution in [0, 0.1) is 0 Å². The van der Waals surface area contributed by atoms with E-state index >= 15 is 0 Å². The predicted molar refractivity (Wildman–Crippen MR) is 140 cm³/mol. The smallest absolute Gasteiger partial charge is 0.239 e. The summed E-state index contributed by atoms with van der Waals surface area (Å²) in [6.07, 6.45) is -16.3. The van der Waals surface area contributed by atoms with Gasteiger partial charge in [0.25, 0.3) is 0 Å². The van der Waals surface area contributed by atoms with Gasteiger partial charge in [-0.2, -0.15) is 0 Å². The van der Waals surface area contributed by atoms with Gasteiger partial charge in [0.1, 0.15) is 65.2 Å². The van der Waals surface area contributed by atoms with Crippen LogP contribution >= 0.6 is 0 Å². The fourth-order valence-corrected chi connectivity index (χ4v) is 4.97. The molecule has 10 atom stereocenters. The summed E-state index contributed by atoms with van der Waals surface area (Å²) in [7, 11) is 0. The first kappa shape index (κ1) is 30.7. The van der Waals surface area contributed by atoms with Crippen LogP contribution in [0.1, 0.15) is 6.92 Å². The monoisotopic (exact) mass is 610 g/mol. The minimum Gasteiger partial charge on any atom is -0.508 e. The van der Waals surface area contributed by atoms with Crippen LogP contribution in [0.3, 0.4) is 0 Å². The number of benzene rings is 2. The summed E-state index contributed by atoms with van der Waals surface area (Å²) in [5.41, 5.74) is -1.27. The van der Waals surface area contributed by atoms with Crippen LogP contribution in [0.2, 0.25) is 0 Å². The summed E-state index contributed by atoms with van der Waals surface area (Å²) in [6, 6.07) is 5.32. The molecule has 3 aromatic rings. The largest absolute Gasteiger partial charge is 0.508 e. The number of hydrogen-bond donors (Lipinski definition) is 10. The molecule has 0 unspecified atom stereocenters. The van der Waals surface area contributed by atoms with Crippen LogP contribution in [0.15, 0.2) is 39.5 Å². The Morgan fingerprint density at radius 2 is 1.49 bits per heavy atom. The minimum atomic E-state index is -1.93. The van der Waals surface area contributed by atoms with Gasteiger partial charge >= 0.3 is 0 Å². The number of rotatable bonds is 6. The van der Waals surface area contributed by atoms with Crippen LogP contribution in [-0.4, -0.2) is 119 Å². The van der Waals surface area contributed by atoms with Crippen molar-refractivity contribution >= 4 is 11.0 Å². The molecule has 16 heteroatoms. The normalized spacial score (nSPS) is 33.0. The molecule has 5 rings (SSSR count). The highest BCUT2D eigenvalue weighted by atomic mass is 16.7. The number of hydrogen-bond acceptors (Lipinski definition) is 16. The van der Waals surface area contributed by atoms with Crippen molar-refractivity contribution in [2.24, 2.45) is 0 Å². The molecule has 2 fully saturated rings. The Hall–Kier alpha value is -3.71. The van der Waals surface area contributed by atoms with E-state index in [2.05, 4.69) is 0 Å². The number of phenols is 4. The van der Waals surface area contributed by atoms with Crippen molar-refractivity contribution in [1.82, 2.24) is 0 Å². The molecule has 3 heterocycles. The van der Waals surface area contributed by atoms with Gasteiger partial charge in [-0.15, -0.1) is 0 Å². The van der Waals surface area contributed by atoms with Gasteiger partial charge in [0, 0.05) is 17.7 Å². The third-order valence-corrected chi connectivity index (χ3v) is 7.31. The van der Waals surface area contributed by atoms with Crippen LogP contribution in [0.4, 0.5) is 0 Å². The molecule has 43 heavy (non-hydrogen) atoms. The molecule has 2 aliphatic rings. The van der Waals surface area contributed by atoms with Crippen molar-refractivity contribution in [2.75, 3.05) is 6.61 Å². The second kappa shape index (κ2) is 11.8. The lowest BCUT2D eigenvalue weighted by Crippen LogP contribution is -2.64. The Morgan fingerprint density at radius 1 is 0.791 bits per heavy atom. The zero-order chi connectivity index (χ0) is 31.3. The second-order valence-electron chi connectivity index (χ2n) is 10.2. The molecular formula is C27H30O16. The average molecular weight is 611 g/mol. The molecule has 0 aliphatic carbocycles. The number of ether oxygens (including phenoxy) is 4. The molecule has 0 amide bonds. The standard InChI is InChI=1S/C27H30O16/c1-8-23(42-27-21(37)19(35)17(33)15(7-28)41-27)20(36)22(38)26(39-8)43-25-18(34)16-13(32)5-10(29)6-14(16)40-24(25)9-2-3-11(30)12(31)4-9/h2-6,8,15,17,19-23,26-33,35-38H,7H2,1H3/t8-,15+,17-,19-,20-,21+,22+,23-,26-,27-/m0/s1. The minimum absolute atomic E-state index is 0.00476. The topological polar surface area (TPSA) is 269 Å². The van der Waals surface area contributed by atoms with Crippen LogP contribution in [0.25, 0.3) is 22.3 Å². The summed E-state index contributed by atoms with van der Waals surface area (Å²) in [4.78, 5) is 13.6. The number of aliphatic hydroxyl groups is 6. The Bertz CT molecular complexity index is 1540. The van der Waals surface area contributed by atoms with Crippen molar-refractivity contribution in [3.63, 3.8) is 0 Å². The maximum Gasteiger partial charge on any atom is 0.239 e. The second-order valence-corrected chi connectivity index (χ2v) is 10.2. The van der Waals surface area contributed by atoms with Crippen molar-refractivity contribution in [3.05, 3.63) is 40.6 Å². The van der Waals surface area contributed by atoms with Crippen LogP contribution in [0.5, 0.6) is 28.7 Å². The Kier molecular flexibility index (Phi) is 8.41. The Labute approximate surface area is 241 Å². The molecule has 234 valence electrons. The molecule has 0 radical (unpaired) electrons. The lowest BCUT2D eigenvalue weighted by atomic mass is 9.97. The quantitative estimate of drug-likeness (QED) is 0.140. The van der Waals surface area contributed by atoms with Crippen molar-refractivity contribution in [2.45, 2.75) is 68.3 Å². The van der Waals surface area contributed by atoms with Crippen molar-refractivity contribution < 1.29 is 74.4 Å². The number of aromatic hydroxyl groups is 4. The van der Waals surface area contributed by atoms with Gasteiger partial charge in [0.2, 0.25) is 17.5 Å². The first-order valence-electron chi connectivity index (χ1n) is 13.0. The fourth-order valence-electron chi connectivity index (χ4n) is 4.97. The Balaban J connectivity index is 1.47. The summed E-state index contributed by atoms with van der Waals surface area (Å²) < 4.78 is 28.0. The van der Waals surface area contributed by atoms with E-state index in [0.717, 1.165) is 24.3 Å². The van der Waals surface area contributed by atoms with Gasteiger partial charge < -0.3 is 74.4 Å². The molecule has 2 aliphatic heterocycles. The third-order valence-electron chi connectivity index (χ3n) is 7.31. The van der Waals surface area contributed by atoms with E-state index in [-0.39, 0.29) is 16.9 Å². The zero-order valence-electron chi connectivity index (χ0n) is 22.3. The number of fused-ring (bicyclic) bond motifs is 1. The van der Waals surface area contributed by atoms with E-state index in [0.29, 0.717) is 0 Å². The van der Waals surface area contributed by atoms with E-state index in [9.17, 15) is 55.9 Å². The molecule has 16 nitrogen and oxygen atoms in total. The molecule has 0 saturated carbocycles. The molecule has 2 aromatic carbocycles. The van der Waals surface area contributed by atoms with Gasteiger partial charge in [-0.1, -0.05) is 0 Å². The van der Waals surface area contributed by atoms with Gasteiger partial charge in [-0.25, -0.2) is 0 Å². The molecule has 10 N–H and O–H groups in total. The highest BCUT2D eigenvalue weighted by molar-refractivity contribution is 5.88. The lowest BCUT2D eigenvalue weighted by Gasteiger charge is -2.45. The third kappa shape index (κ3) is 5.55. The van der Waals surface area contributed by atoms with Gasteiger partial charge in [-0.3, -0.25) is 4.79 Å². The first-order valence-corrected chi connectivity index (χ1v) is 13.0. The van der Waals surface area contributed by atoms with Crippen molar-refractivity contribution in [3.8, 4) is 40.1 Å². The Morgan fingerprint density at radius 3 is 2.16 bits per heavy atom. The number of aliphatic hydroxyl groups excluding tert-OH is 6. The summed E-state index contributed by atoms with van der Waals surface area (Å²) in [5, 5.41) is 101. The van der Waals surface area contributed by atoms with E-state index < -0.39 is 108 Å². The van der Waals surface area contributed by atoms with Crippen LogP contribution < -0.4 is 10.2 Å². The maximum absolute atomic E-state index is 13.6. The molecule has 2 saturated heterocycles. The summed E-state index contributed by atoms with van der Waals surface area (Å²) in [5.74, 6) is -3.19. The predicted octanol–water partition coefficient (Wildman–Crippen LogP) is -1.69. The summed E-state index contributed by atoms with van der Waals surface area (Å²) >= 11 is 0. The molecular weight excluding hydrogens is 580 g/mol. The van der Waals surface area contributed by atoms with Gasteiger partial charge in [0.05, 0.1) is 12.7 Å². The highest BCUT2D eigenvalue weighted by Crippen LogP contribution is 2.39. The first-order chi connectivity index (χ1) is 20.3. The van der Waals surface area contributed by atoms with Crippen LogP contribution in [-0.2, 0) is 14.2 Å². The lowest BCUT2D eigenvalue weighted by molar-refractivity contribution is -0.348. The van der Waals surface area contributed by atoms with Crippen molar-refractivity contribution in [1.29, 1.82) is 0 Å². The highest BCUT2D eigenvalue weighted by Gasteiger charge is 2.50. The summed E-state index contributed by atoms with van der Waals surface area (Å²) in [6.45, 7) is 0.657. The number of phenolic OH excluding ortho intramolecular Hbond substituents is 4. The van der Waals surface area contributed by atoms with E-state index in [1.807, 2.05) is 0 Å². The fraction of sp³-hybridized carbons (Fsp3) is 0.444. The van der Waals surface area contributed by atoms with E-state index in [1.54, 1.807) is 0 Å². The molecule has 0 spiro atoms. The average Bonchev–Trinajstić information content (AvgIpc) is 2.96.